The molecule has 27 heavy (non-hydrogen) atoms. The number of H-pyrrole nitrogens is 1. The molecule has 0 spiro atoms. The zero-order chi connectivity index (χ0) is 19.4. The summed E-state index contributed by atoms with van der Waals surface area (Å²) < 4.78 is 47.6. The quantitative estimate of drug-likeness (QED) is 0.710. The Balaban J connectivity index is 1.91. The van der Waals surface area contributed by atoms with Gasteiger partial charge in [0.1, 0.15) is 0 Å². The van der Waals surface area contributed by atoms with Crippen molar-refractivity contribution < 1.29 is 22.4 Å². The minimum absolute atomic E-state index is 0.210. The van der Waals surface area contributed by atoms with Gasteiger partial charge in [-0.05, 0) is 30.0 Å². The number of pyridine rings is 1. The van der Waals surface area contributed by atoms with E-state index in [0.29, 0.717) is 25.0 Å². The van der Waals surface area contributed by atoms with Crippen LogP contribution in [0.3, 0.4) is 0 Å². The van der Waals surface area contributed by atoms with Crippen molar-refractivity contribution in [3.05, 3.63) is 69.5 Å². The van der Waals surface area contributed by atoms with Gasteiger partial charge in [0, 0.05) is 24.4 Å². The van der Waals surface area contributed by atoms with Gasteiger partial charge in [-0.25, -0.2) is 0 Å². The van der Waals surface area contributed by atoms with Crippen LogP contribution in [-0.4, -0.2) is 22.2 Å². The van der Waals surface area contributed by atoms with E-state index in [4.69, 9.17) is 4.74 Å². The smallest absolute Gasteiger partial charge is 0.380 e. The number of hydrogen-bond acceptors (Lipinski definition) is 5. The number of aryl methyl sites for hydroxylation is 1. The van der Waals surface area contributed by atoms with E-state index in [1.54, 1.807) is 7.11 Å². The summed E-state index contributed by atoms with van der Waals surface area (Å²) in [7, 11) is 1.59. The molecule has 0 aliphatic rings. The first-order valence-corrected chi connectivity index (χ1v) is 8.07. The largest absolute Gasteiger partial charge is 0.471 e. The van der Waals surface area contributed by atoms with Crippen LogP contribution in [0.25, 0.3) is 11.4 Å². The van der Waals surface area contributed by atoms with E-state index in [-0.39, 0.29) is 11.4 Å². The Morgan fingerprint density at radius 2 is 1.89 bits per heavy atom. The molecule has 0 saturated carbocycles. The molecule has 3 aromatic rings. The average Bonchev–Trinajstić information content (AvgIpc) is 3.12. The molecule has 0 bridgehead atoms. The lowest BCUT2D eigenvalue weighted by atomic mass is 9.98. The fourth-order valence-electron chi connectivity index (χ4n) is 2.77. The summed E-state index contributed by atoms with van der Waals surface area (Å²) in [6.07, 6.45) is -2.61. The molecule has 0 unspecified atom stereocenters. The first-order valence-electron chi connectivity index (χ1n) is 8.07. The third-order valence-corrected chi connectivity index (χ3v) is 4.04. The van der Waals surface area contributed by atoms with Gasteiger partial charge in [0.25, 0.3) is 5.56 Å². The van der Waals surface area contributed by atoms with E-state index >= 15 is 0 Å². The van der Waals surface area contributed by atoms with Gasteiger partial charge in [-0.3, -0.25) is 4.79 Å². The highest BCUT2D eigenvalue weighted by Crippen LogP contribution is 2.30. The van der Waals surface area contributed by atoms with E-state index in [0.717, 1.165) is 11.1 Å². The minimum atomic E-state index is -4.74. The molecular formula is C18H16F3N3O3. The topological polar surface area (TPSA) is 81.0 Å². The van der Waals surface area contributed by atoms with Crippen LogP contribution in [0.2, 0.25) is 0 Å². The number of halogens is 3. The summed E-state index contributed by atoms with van der Waals surface area (Å²) >= 11 is 0. The monoisotopic (exact) mass is 379 g/mol. The number of hydrogen-bond donors (Lipinski definition) is 1. The van der Waals surface area contributed by atoms with Gasteiger partial charge in [-0.15, -0.1) is 0 Å². The van der Waals surface area contributed by atoms with Crippen LogP contribution in [0.5, 0.6) is 0 Å². The van der Waals surface area contributed by atoms with Crippen LogP contribution in [0.4, 0.5) is 13.2 Å². The molecule has 0 atom stereocenters. The van der Waals surface area contributed by atoms with Crippen molar-refractivity contribution in [2.45, 2.75) is 25.6 Å². The van der Waals surface area contributed by atoms with Crippen LogP contribution < -0.4 is 5.56 Å². The highest BCUT2D eigenvalue weighted by atomic mass is 19.4. The van der Waals surface area contributed by atoms with Gasteiger partial charge < -0.3 is 14.2 Å². The summed E-state index contributed by atoms with van der Waals surface area (Å²) in [4.78, 5) is 18.2. The van der Waals surface area contributed by atoms with E-state index in [1.165, 1.54) is 12.3 Å². The predicted molar refractivity (Wildman–Crippen MR) is 89.9 cm³/mol. The summed E-state index contributed by atoms with van der Waals surface area (Å²) in [6.45, 7) is 0.425. The van der Waals surface area contributed by atoms with Crippen molar-refractivity contribution in [3.8, 4) is 11.4 Å². The molecule has 0 fully saturated rings. The van der Waals surface area contributed by atoms with Crippen LogP contribution in [-0.2, 0) is 30.4 Å². The second-order valence-electron chi connectivity index (χ2n) is 5.82. The third-order valence-electron chi connectivity index (χ3n) is 4.04. The second-order valence-corrected chi connectivity index (χ2v) is 5.82. The summed E-state index contributed by atoms with van der Waals surface area (Å²) in [5, 5.41) is 3.38. The Hall–Kier alpha value is -2.94. The molecule has 1 aromatic carbocycles. The molecule has 0 amide bonds. The maximum atomic E-state index is 12.7. The molecule has 0 radical (unpaired) electrons. The molecule has 3 rings (SSSR count). The Labute approximate surface area is 152 Å². The number of alkyl halides is 3. The molecular weight excluding hydrogens is 363 g/mol. The van der Waals surface area contributed by atoms with E-state index < -0.39 is 17.6 Å². The number of nitrogens with one attached hydrogen (secondary N) is 1. The summed E-state index contributed by atoms with van der Waals surface area (Å²) in [5.74, 6) is -1.72. The van der Waals surface area contributed by atoms with Gasteiger partial charge in [-0.1, -0.05) is 29.4 Å². The molecule has 0 aliphatic carbocycles. The third kappa shape index (κ3) is 4.25. The summed E-state index contributed by atoms with van der Waals surface area (Å²) in [5.41, 5.74) is 2.06. The second kappa shape index (κ2) is 7.75. The molecule has 0 saturated heterocycles. The molecule has 9 heteroatoms. The Bertz CT molecular complexity index is 979. The number of aromatic nitrogens is 3. The molecule has 0 aliphatic heterocycles. The van der Waals surface area contributed by atoms with Gasteiger partial charge in [0.05, 0.1) is 6.61 Å². The fraction of sp³-hybridized carbons (Fsp3) is 0.278. The number of rotatable bonds is 6. The predicted octanol–water partition coefficient (Wildman–Crippen LogP) is 3.38. The lowest BCUT2D eigenvalue weighted by molar-refractivity contribution is -0.159. The summed E-state index contributed by atoms with van der Waals surface area (Å²) in [6, 6.07) is 9.06. The van der Waals surface area contributed by atoms with Crippen LogP contribution in [0.1, 0.15) is 22.6 Å². The van der Waals surface area contributed by atoms with Crippen LogP contribution in [0, 0.1) is 0 Å². The van der Waals surface area contributed by atoms with Crippen LogP contribution in [0.15, 0.2) is 45.8 Å². The van der Waals surface area contributed by atoms with Crippen molar-refractivity contribution in [3.63, 3.8) is 0 Å². The van der Waals surface area contributed by atoms with Gasteiger partial charge in [-0.2, -0.15) is 18.2 Å². The normalized spacial score (nSPS) is 11.7. The van der Waals surface area contributed by atoms with Crippen molar-refractivity contribution in [2.75, 3.05) is 7.11 Å². The lowest BCUT2D eigenvalue weighted by Crippen LogP contribution is -2.15. The molecule has 2 heterocycles. The minimum Gasteiger partial charge on any atom is -0.380 e. The van der Waals surface area contributed by atoms with Crippen molar-refractivity contribution in [2.24, 2.45) is 0 Å². The van der Waals surface area contributed by atoms with Gasteiger partial charge in [0.15, 0.2) is 0 Å². The Morgan fingerprint density at radius 1 is 1.15 bits per heavy atom. The standard InChI is InChI=1S/C18H16F3N3O3/c1-26-10-12-5-3-2-4-11(12)6-7-14-13(8-9-22-16(14)25)15-23-17(27-24-15)18(19,20)21/h2-5,8-9H,6-7,10H2,1H3,(H,22,25). The highest BCUT2D eigenvalue weighted by molar-refractivity contribution is 5.58. The zero-order valence-electron chi connectivity index (χ0n) is 14.3. The lowest BCUT2D eigenvalue weighted by Gasteiger charge is -2.10. The fourth-order valence-corrected chi connectivity index (χ4v) is 2.77. The number of ether oxygens (including phenoxy) is 1. The molecule has 6 nitrogen and oxygen atoms in total. The maximum absolute atomic E-state index is 12.7. The van der Waals surface area contributed by atoms with E-state index in [2.05, 4.69) is 19.6 Å². The molecule has 1 N–H and O–H groups in total. The Kier molecular flexibility index (Phi) is 5.41. The van der Waals surface area contributed by atoms with E-state index in [1.807, 2.05) is 24.3 Å². The Morgan fingerprint density at radius 3 is 2.56 bits per heavy atom. The van der Waals surface area contributed by atoms with Crippen molar-refractivity contribution >= 4 is 0 Å². The maximum Gasteiger partial charge on any atom is 0.471 e. The number of nitrogens with zero attached hydrogens (tertiary/aromatic N) is 2. The molecule has 142 valence electrons. The number of benzene rings is 1. The highest BCUT2D eigenvalue weighted by Gasteiger charge is 2.38. The first-order chi connectivity index (χ1) is 12.9. The van der Waals surface area contributed by atoms with Crippen LogP contribution >= 0.6 is 0 Å². The number of aromatic amines is 1. The van der Waals surface area contributed by atoms with Gasteiger partial charge >= 0.3 is 12.1 Å². The zero-order valence-corrected chi connectivity index (χ0v) is 14.3. The number of methoxy groups -OCH3 is 1. The van der Waals surface area contributed by atoms with Gasteiger partial charge in [0.2, 0.25) is 5.82 Å². The van der Waals surface area contributed by atoms with Crippen molar-refractivity contribution in [1.82, 2.24) is 15.1 Å². The van der Waals surface area contributed by atoms with Crippen molar-refractivity contribution in [1.29, 1.82) is 0 Å². The van der Waals surface area contributed by atoms with E-state index in [9.17, 15) is 18.0 Å². The molecule has 2 aromatic heterocycles. The SMILES string of the molecule is COCc1ccccc1CCc1c(-c2noc(C(F)(F)F)n2)cc[nH]c1=O. The average molecular weight is 379 g/mol. The first kappa shape index (κ1) is 18.8.